The number of carbonyl (C=O) groups excluding carboxylic acids is 3. The highest BCUT2D eigenvalue weighted by Gasteiger charge is 2.17. The molecule has 0 saturated carbocycles. The van der Waals surface area contributed by atoms with E-state index in [1.54, 1.807) is 48.5 Å². The Labute approximate surface area is 207 Å². The van der Waals surface area contributed by atoms with E-state index < -0.39 is 17.8 Å². The SMILES string of the molecule is COc1cc(C(=O)NCC(=O)N/N=C\c2ccc(OC(=O)c3ccccc3)cc2)cc(OC)c1OC. The predicted octanol–water partition coefficient (Wildman–Crippen LogP) is 2.81. The molecular weight excluding hydrogens is 466 g/mol. The molecular formula is C26H25N3O7. The third-order valence-electron chi connectivity index (χ3n) is 4.84. The second kappa shape index (κ2) is 12.6. The van der Waals surface area contributed by atoms with E-state index in [-0.39, 0.29) is 12.1 Å². The van der Waals surface area contributed by atoms with Gasteiger partial charge in [0.05, 0.1) is 39.7 Å². The Morgan fingerprint density at radius 1 is 0.833 bits per heavy atom. The molecule has 3 aromatic rings. The maximum atomic E-state index is 12.5. The zero-order chi connectivity index (χ0) is 25.9. The van der Waals surface area contributed by atoms with Crippen LogP contribution in [0.15, 0.2) is 71.8 Å². The number of carbonyl (C=O) groups is 3. The molecule has 3 rings (SSSR count). The van der Waals surface area contributed by atoms with E-state index in [4.69, 9.17) is 18.9 Å². The van der Waals surface area contributed by atoms with Crippen molar-refractivity contribution in [1.82, 2.24) is 10.7 Å². The van der Waals surface area contributed by atoms with Gasteiger partial charge in [-0.1, -0.05) is 18.2 Å². The molecule has 3 aromatic carbocycles. The molecule has 0 radical (unpaired) electrons. The van der Waals surface area contributed by atoms with Gasteiger partial charge in [0.2, 0.25) is 5.75 Å². The number of hydrogen-bond acceptors (Lipinski definition) is 8. The van der Waals surface area contributed by atoms with Crippen molar-refractivity contribution >= 4 is 24.0 Å². The molecule has 0 saturated heterocycles. The lowest BCUT2D eigenvalue weighted by atomic mass is 10.1. The zero-order valence-electron chi connectivity index (χ0n) is 19.9. The van der Waals surface area contributed by atoms with Crippen LogP contribution in [0.25, 0.3) is 0 Å². The van der Waals surface area contributed by atoms with Crippen molar-refractivity contribution in [3.05, 3.63) is 83.4 Å². The second-order valence-corrected chi connectivity index (χ2v) is 7.21. The van der Waals surface area contributed by atoms with E-state index in [1.165, 1.54) is 39.7 Å². The minimum Gasteiger partial charge on any atom is -0.493 e. The average molecular weight is 492 g/mol. The van der Waals surface area contributed by atoms with Gasteiger partial charge in [0, 0.05) is 5.56 Å². The van der Waals surface area contributed by atoms with E-state index in [1.807, 2.05) is 6.07 Å². The van der Waals surface area contributed by atoms with Gasteiger partial charge in [0.25, 0.3) is 11.8 Å². The fourth-order valence-electron chi connectivity index (χ4n) is 3.06. The van der Waals surface area contributed by atoms with Crippen LogP contribution in [0.1, 0.15) is 26.3 Å². The smallest absolute Gasteiger partial charge is 0.343 e. The first-order valence-corrected chi connectivity index (χ1v) is 10.7. The van der Waals surface area contributed by atoms with Gasteiger partial charge in [-0.2, -0.15) is 5.10 Å². The van der Waals surface area contributed by atoms with Crippen LogP contribution in [0.5, 0.6) is 23.0 Å². The first-order valence-electron chi connectivity index (χ1n) is 10.7. The Balaban J connectivity index is 1.49. The second-order valence-electron chi connectivity index (χ2n) is 7.21. The largest absolute Gasteiger partial charge is 0.493 e. The van der Waals surface area contributed by atoms with Crippen molar-refractivity contribution in [3.8, 4) is 23.0 Å². The summed E-state index contributed by atoms with van der Waals surface area (Å²) in [6.07, 6.45) is 1.42. The maximum Gasteiger partial charge on any atom is 0.343 e. The van der Waals surface area contributed by atoms with Crippen LogP contribution in [0, 0.1) is 0 Å². The molecule has 186 valence electrons. The normalized spacial score (nSPS) is 10.4. The molecule has 0 atom stereocenters. The molecule has 0 unspecified atom stereocenters. The first-order chi connectivity index (χ1) is 17.4. The summed E-state index contributed by atoms with van der Waals surface area (Å²) < 4.78 is 21.0. The van der Waals surface area contributed by atoms with Gasteiger partial charge in [0.15, 0.2) is 11.5 Å². The first kappa shape index (κ1) is 25.8. The number of amides is 2. The third-order valence-corrected chi connectivity index (χ3v) is 4.84. The third kappa shape index (κ3) is 6.83. The maximum absolute atomic E-state index is 12.5. The molecule has 0 heterocycles. The topological polar surface area (TPSA) is 125 Å². The molecule has 10 heteroatoms. The van der Waals surface area contributed by atoms with Crippen LogP contribution in [-0.2, 0) is 4.79 Å². The average Bonchev–Trinajstić information content (AvgIpc) is 2.92. The monoisotopic (exact) mass is 491 g/mol. The van der Waals surface area contributed by atoms with Gasteiger partial charge in [-0.25, -0.2) is 10.2 Å². The summed E-state index contributed by atoms with van der Waals surface area (Å²) in [4.78, 5) is 36.6. The van der Waals surface area contributed by atoms with E-state index in [0.29, 0.717) is 34.1 Å². The molecule has 0 aliphatic rings. The Hall–Kier alpha value is -4.86. The van der Waals surface area contributed by atoms with Crippen molar-refractivity contribution in [2.24, 2.45) is 5.10 Å². The van der Waals surface area contributed by atoms with E-state index in [2.05, 4.69) is 15.8 Å². The van der Waals surface area contributed by atoms with Crippen LogP contribution in [-0.4, -0.2) is 51.9 Å². The number of benzene rings is 3. The molecule has 0 fully saturated rings. The van der Waals surface area contributed by atoms with Crippen LogP contribution in [0.4, 0.5) is 0 Å². The fourth-order valence-corrected chi connectivity index (χ4v) is 3.06. The number of nitrogens with one attached hydrogen (secondary N) is 2. The Kier molecular flexibility index (Phi) is 8.99. The lowest BCUT2D eigenvalue weighted by molar-refractivity contribution is -0.120. The molecule has 0 spiro atoms. The summed E-state index contributed by atoms with van der Waals surface area (Å²) in [6.45, 7) is -0.304. The number of ether oxygens (including phenoxy) is 4. The van der Waals surface area contributed by atoms with Gasteiger partial charge >= 0.3 is 5.97 Å². The van der Waals surface area contributed by atoms with Crippen molar-refractivity contribution in [1.29, 1.82) is 0 Å². The standard InChI is InChI=1S/C26H25N3O7/c1-33-21-13-19(14-22(34-2)24(21)35-3)25(31)27-16-23(30)29-28-15-17-9-11-20(12-10-17)36-26(32)18-7-5-4-6-8-18/h4-15H,16H2,1-3H3,(H,27,31)(H,29,30)/b28-15-. The molecule has 10 nitrogen and oxygen atoms in total. The fraction of sp³-hybridized carbons (Fsp3) is 0.154. The molecule has 2 amide bonds. The highest BCUT2D eigenvalue weighted by Crippen LogP contribution is 2.38. The number of nitrogens with zero attached hydrogens (tertiary/aromatic N) is 1. The number of esters is 1. The highest BCUT2D eigenvalue weighted by atomic mass is 16.5. The van der Waals surface area contributed by atoms with Crippen molar-refractivity contribution in [3.63, 3.8) is 0 Å². The van der Waals surface area contributed by atoms with Crippen molar-refractivity contribution < 1.29 is 33.3 Å². The van der Waals surface area contributed by atoms with Crippen molar-refractivity contribution in [2.45, 2.75) is 0 Å². The van der Waals surface area contributed by atoms with E-state index >= 15 is 0 Å². The predicted molar refractivity (Wildman–Crippen MR) is 132 cm³/mol. The quantitative estimate of drug-likeness (QED) is 0.193. The number of hydrogen-bond donors (Lipinski definition) is 2. The van der Waals surface area contributed by atoms with Crippen molar-refractivity contribution in [2.75, 3.05) is 27.9 Å². The molecule has 36 heavy (non-hydrogen) atoms. The number of hydrazone groups is 1. The van der Waals surface area contributed by atoms with Gasteiger partial charge < -0.3 is 24.3 Å². The minimum absolute atomic E-state index is 0.230. The highest BCUT2D eigenvalue weighted by molar-refractivity contribution is 5.97. The minimum atomic E-state index is -0.527. The number of methoxy groups -OCH3 is 3. The lowest BCUT2D eigenvalue weighted by Crippen LogP contribution is -2.34. The molecule has 2 N–H and O–H groups in total. The molecule has 0 aliphatic carbocycles. The van der Waals surface area contributed by atoms with Crippen LogP contribution in [0.3, 0.4) is 0 Å². The summed E-state index contributed by atoms with van der Waals surface area (Å²) in [5, 5.41) is 6.37. The molecule has 0 bridgehead atoms. The van der Waals surface area contributed by atoms with E-state index in [0.717, 1.165) is 0 Å². The molecule has 0 aromatic heterocycles. The zero-order valence-corrected chi connectivity index (χ0v) is 19.9. The van der Waals surface area contributed by atoms with Gasteiger partial charge in [-0.05, 0) is 54.1 Å². The Morgan fingerprint density at radius 3 is 2.06 bits per heavy atom. The Morgan fingerprint density at radius 2 is 1.47 bits per heavy atom. The lowest BCUT2D eigenvalue weighted by Gasteiger charge is -2.14. The number of rotatable bonds is 10. The van der Waals surface area contributed by atoms with Crippen LogP contribution < -0.4 is 29.7 Å². The summed E-state index contributed by atoms with van der Waals surface area (Å²) in [5.74, 6) is -0.133. The van der Waals surface area contributed by atoms with E-state index in [9.17, 15) is 14.4 Å². The summed E-state index contributed by atoms with van der Waals surface area (Å²) in [5.41, 5.74) is 3.67. The van der Waals surface area contributed by atoms with Crippen LogP contribution in [0.2, 0.25) is 0 Å². The summed E-state index contributed by atoms with van der Waals surface area (Å²) in [6, 6.07) is 18.2. The summed E-state index contributed by atoms with van der Waals surface area (Å²) >= 11 is 0. The van der Waals surface area contributed by atoms with Gasteiger partial charge in [0.1, 0.15) is 5.75 Å². The van der Waals surface area contributed by atoms with Crippen LogP contribution >= 0.6 is 0 Å². The summed E-state index contributed by atoms with van der Waals surface area (Å²) in [7, 11) is 4.34. The Bertz CT molecular complexity index is 1220. The van der Waals surface area contributed by atoms with Gasteiger partial charge in [-0.3, -0.25) is 9.59 Å². The molecule has 0 aliphatic heterocycles. The van der Waals surface area contributed by atoms with Gasteiger partial charge in [-0.15, -0.1) is 0 Å².